The summed E-state index contributed by atoms with van der Waals surface area (Å²) in [7, 11) is 0. The van der Waals surface area contributed by atoms with Gasteiger partial charge >= 0.3 is 0 Å². The molecule has 0 N–H and O–H groups in total. The van der Waals surface area contributed by atoms with Crippen LogP contribution in [0, 0.1) is 0 Å². The molecular formula is C17H16N. The average molecular weight is 234 g/mol. The molecule has 0 aliphatic heterocycles. The van der Waals surface area contributed by atoms with E-state index < -0.39 is 0 Å². The van der Waals surface area contributed by atoms with E-state index in [0.29, 0.717) is 0 Å². The molecule has 0 unspecified atom stereocenters. The van der Waals surface area contributed by atoms with E-state index in [4.69, 9.17) is 5.32 Å². The fourth-order valence-electron chi connectivity index (χ4n) is 2.38. The molecular weight excluding hydrogens is 218 g/mol. The summed E-state index contributed by atoms with van der Waals surface area (Å²) in [6.07, 6.45) is 1.08. The van der Waals surface area contributed by atoms with E-state index in [0.717, 1.165) is 18.7 Å². The molecule has 0 fully saturated rings. The second-order valence-electron chi connectivity index (χ2n) is 4.55. The first-order valence-corrected chi connectivity index (χ1v) is 6.48. The summed E-state index contributed by atoms with van der Waals surface area (Å²) >= 11 is 0. The van der Waals surface area contributed by atoms with E-state index in [1.807, 2.05) is 0 Å². The van der Waals surface area contributed by atoms with Gasteiger partial charge in [-0.2, -0.15) is 0 Å². The van der Waals surface area contributed by atoms with Crippen molar-refractivity contribution < 1.29 is 0 Å². The number of hydrogen-bond donors (Lipinski definition) is 0. The van der Waals surface area contributed by atoms with Gasteiger partial charge in [-0.1, -0.05) is 55.5 Å². The summed E-state index contributed by atoms with van der Waals surface area (Å²) in [4.78, 5) is 0. The molecule has 3 rings (SSSR count). The third-order valence-electron chi connectivity index (χ3n) is 3.24. The molecule has 0 heterocycles. The first-order chi connectivity index (χ1) is 8.90. The number of fused-ring (bicyclic) bond motifs is 2. The van der Waals surface area contributed by atoms with Gasteiger partial charge in [0.05, 0.1) is 5.69 Å². The van der Waals surface area contributed by atoms with Gasteiger partial charge in [-0.3, -0.25) is 5.32 Å². The van der Waals surface area contributed by atoms with Crippen LogP contribution in [0.5, 0.6) is 0 Å². The van der Waals surface area contributed by atoms with Crippen LogP contribution in [0.15, 0.2) is 54.6 Å². The molecule has 1 heteroatoms. The average Bonchev–Trinajstić information content (AvgIpc) is 2.43. The van der Waals surface area contributed by atoms with Crippen LogP contribution in [0.2, 0.25) is 0 Å². The Kier molecular flexibility index (Phi) is 2.89. The molecule has 0 aliphatic rings. The van der Waals surface area contributed by atoms with Gasteiger partial charge in [0.2, 0.25) is 0 Å². The first-order valence-electron chi connectivity index (χ1n) is 6.48. The van der Waals surface area contributed by atoms with Gasteiger partial charge in [-0.25, -0.2) is 0 Å². The Morgan fingerprint density at radius 2 is 1.39 bits per heavy atom. The molecule has 1 nitrogen and oxygen atoms in total. The topological polar surface area (TPSA) is 14.1 Å². The van der Waals surface area contributed by atoms with Gasteiger partial charge in [-0.05, 0) is 23.3 Å². The SMILES string of the molecule is CCC[N]c1c2ccccc2cc2ccccc12. The largest absolute Gasteiger partial charge is 0.284 e. The fraction of sp³-hybridized carbons (Fsp3) is 0.176. The van der Waals surface area contributed by atoms with Crippen LogP contribution in [0.4, 0.5) is 5.69 Å². The molecule has 0 aromatic heterocycles. The smallest absolute Gasteiger partial charge is 0.0730 e. The van der Waals surface area contributed by atoms with Crippen molar-refractivity contribution >= 4 is 27.2 Å². The van der Waals surface area contributed by atoms with E-state index in [1.54, 1.807) is 0 Å². The number of rotatable bonds is 3. The molecule has 1 radical (unpaired) electrons. The third kappa shape index (κ3) is 1.82. The van der Waals surface area contributed by atoms with Crippen molar-refractivity contribution in [1.82, 2.24) is 5.32 Å². The Morgan fingerprint density at radius 1 is 0.833 bits per heavy atom. The summed E-state index contributed by atoms with van der Waals surface area (Å²) in [6, 6.07) is 19.2. The molecule has 89 valence electrons. The van der Waals surface area contributed by atoms with Crippen molar-refractivity contribution in [3.63, 3.8) is 0 Å². The zero-order valence-electron chi connectivity index (χ0n) is 10.6. The summed E-state index contributed by atoms with van der Waals surface area (Å²) in [6.45, 7) is 3.05. The van der Waals surface area contributed by atoms with E-state index in [-0.39, 0.29) is 0 Å². The normalized spacial score (nSPS) is 10.9. The van der Waals surface area contributed by atoms with Gasteiger partial charge in [0.1, 0.15) is 0 Å². The molecule has 0 saturated carbocycles. The van der Waals surface area contributed by atoms with Gasteiger partial charge in [0, 0.05) is 17.3 Å². The number of nitrogens with zero attached hydrogens (tertiary/aromatic N) is 1. The standard InChI is InChI=1S/C17H16N/c1-2-11-18-17-15-9-5-3-7-13(15)12-14-8-4-6-10-16(14)17/h3-10,12H,2,11H2,1H3. The highest BCUT2D eigenvalue weighted by molar-refractivity contribution is 6.09. The quantitative estimate of drug-likeness (QED) is 0.586. The van der Waals surface area contributed by atoms with E-state index >= 15 is 0 Å². The maximum absolute atomic E-state index is 4.78. The lowest BCUT2D eigenvalue weighted by molar-refractivity contribution is 0.812. The van der Waals surface area contributed by atoms with E-state index in [1.165, 1.54) is 21.5 Å². The van der Waals surface area contributed by atoms with Crippen LogP contribution >= 0.6 is 0 Å². The minimum absolute atomic E-state index is 0.887. The molecule has 0 saturated heterocycles. The van der Waals surface area contributed by atoms with Gasteiger partial charge < -0.3 is 0 Å². The fourth-order valence-corrected chi connectivity index (χ4v) is 2.38. The lowest BCUT2D eigenvalue weighted by atomic mass is 10.0. The Hall–Kier alpha value is -2.02. The Balaban J connectivity index is 2.34. The molecule has 0 atom stereocenters. The zero-order valence-corrected chi connectivity index (χ0v) is 10.6. The molecule has 0 aliphatic carbocycles. The second-order valence-corrected chi connectivity index (χ2v) is 4.55. The molecule has 3 aromatic rings. The number of benzene rings is 3. The van der Waals surface area contributed by atoms with Crippen molar-refractivity contribution in [2.45, 2.75) is 13.3 Å². The van der Waals surface area contributed by atoms with Crippen molar-refractivity contribution in [1.29, 1.82) is 0 Å². The number of hydrogen-bond acceptors (Lipinski definition) is 0. The van der Waals surface area contributed by atoms with Gasteiger partial charge in [0.15, 0.2) is 0 Å². The monoisotopic (exact) mass is 234 g/mol. The highest BCUT2D eigenvalue weighted by Gasteiger charge is 2.07. The van der Waals surface area contributed by atoms with Crippen LogP contribution in [0.1, 0.15) is 13.3 Å². The Labute approximate surface area is 107 Å². The minimum Gasteiger partial charge on any atom is -0.284 e. The molecule has 3 aromatic carbocycles. The van der Waals surface area contributed by atoms with Crippen molar-refractivity contribution in [3.05, 3.63) is 54.6 Å². The molecule has 0 amide bonds. The van der Waals surface area contributed by atoms with Crippen LogP contribution < -0.4 is 5.32 Å². The molecule has 0 spiro atoms. The van der Waals surface area contributed by atoms with Crippen LogP contribution in [-0.2, 0) is 0 Å². The van der Waals surface area contributed by atoms with Crippen molar-refractivity contribution in [2.75, 3.05) is 6.54 Å². The van der Waals surface area contributed by atoms with Gasteiger partial charge in [0.25, 0.3) is 0 Å². The minimum atomic E-state index is 0.887. The lowest BCUT2D eigenvalue weighted by Gasteiger charge is -2.11. The maximum atomic E-state index is 4.78. The summed E-state index contributed by atoms with van der Waals surface area (Å²) in [5, 5.41) is 9.83. The van der Waals surface area contributed by atoms with Crippen LogP contribution in [-0.4, -0.2) is 6.54 Å². The predicted molar refractivity (Wildman–Crippen MR) is 78.4 cm³/mol. The second kappa shape index (κ2) is 4.69. The van der Waals surface area contributed by atoms with E-state index in [9.17, 15) is 0 Å². The summed E-state index contributed by atoms with van der Waals surface area (Å²) in [5.41, 5.74) is 1.14. The predicted octanol–water partition coefficient (Wildman–Crippen LogP) is 4.64. The highest BCUT2D eigenvalue weighted by atomic mass is 14.9. The molecule has 18 heavy (non-hydrogen) atoms. The maximum Gasteiger partial charge on any atom is 0.0730 e. The zero-order chi connectivity index (χ0) is 12.4. The highest BCUT2D eigenvalue weighted by Crippen LogP contribution is 2.32. The van der Waals surface area contributed by atoms with Crippen molar-refractivity contribution in [2.24, 2.45) is 0 Å². The van der Waals surface area contributed by atoms with Gasteiger partial charge in [-0.15, -0.1) is 0 Å². The van der Waals surface area contributed by atoms with Crippen LogP contribution in [0.3, 0.4) is 0 Å². The lowest BCUT2D eigenvalue weighted by Crippen LogP contribution is -1.99. The Bertz CT molecular complexity index is 631. The summed E-state index contributed by atoms with van der Waals surface area (Å²) < 4.78 is 0. The van der Waals surface area contributed by atoms with E-state index in [2.05, 4.69) is 61.5 Å². The summed E-state index contributed by atoms with van der Waals surface area (Å²) in [5.74, 6) is 0. The Morgan fingerprint density at radius 3 is 1.94 bits per heavy atom. The van der Waals surface area contributed by atoms with Crippen molar-refractivity contribution in [3.8, 4) is 0 Å². The molecule has 0 bridgehead atoms. The van der Waals surface area contributed by atoms with Crippen LogP contribution in [0.25, 0.3) is 21.5 Å². The first kappa shape index (κ1) is 11.1. The third-order valence-corrected chi connectivity index (χ3v) is 3.24.